The smallest absolute Gasteiger partial charge is 0.322 e. The normalized spacial score (nSPS) is 14.4. The molecule has 1 aliphatic rings. The van der Waals surface area contributed by atoms with Crippen LogP contribution in [0.1, 0.15) is 30.5 Å². The van der Waals surface area contributed by atoms with Crippen molar-refractivity contribution in [2.75, 3.05) is 38.8 Å². The molecule has 36 heavy (non-hydrogen) atoms. The Hall–Kier alpha value is -3.52. The average molecular weight is 492 g/mol. The molecule has 3 aromatic rings. The molecule has 0 atom stereocenters. The molecule has 2 aromatic carbocycles. The second kappa shape index (κ2) is 12.4. The first-order valence-electron chi connectivity index (χ1n) is 12.6. The van der Waals surface area contributed by atoms with Gasteiger partial charge in [-0.25, -0.2) is 9.78 Å². The van der Waals surface area contributed by atoms with Crippen LogP contribution in [0.2, 0.25) is 0 Å². The van der Waals surface area contributed by atoms with Crippen molar-refractivity contribution in [2.24, 2.45) is 0 Å². The molecule has 0 spiro atoms. The van der Waals surface area contributed by atoms with E-state index in [1.807, 2.05) is 48.6 Å². The van der Waals surface area contributed by atoms with Crippen molar-refractivity contribution in [3.63, 3.8) is 0 Å². The van der Waals surface area contributed by atoms with E-state index in [9.17, 15) is 4.79 Å². The van der Waals surface area contributed by atoms with Crippen LogP contribution >= 0.6 is 0 Å². The maximum absolute atomic E-state index is 13.5. The quantitative estimate of drug-likeness (QED) is 0.424. The molecule has 1 fully saturated rings. The number of carbonyl (C=O) groups is 1. The molecule has 0 radical (unpaired) electrons. The van der Waals surface area contributed by atoms with Crippen molar-refractivity contribution in [1.82, 2.24) is 19.8 Å². The summed E-state index contributed by atoms with van der Waals surface area (Å²) < 4.78 is 13.0. The fraction of sp³-hybridized carbons (Fsp3) is 0.429. The molecule has 1 aliphatic heterocycles. The second-order valence-corrected chi connectivity index (χ2v) is 9.22. The number of imidazole rings is 1. The van der Waals surface area contributed by atoms with Crippen LogP contribution in [0, 0.1) is 6.92 Å². The van der Waals surface area contributed by atoms with Gasteiger partial charge in [-0.15, -0.1) is 0 Å². The standard InChI is InChI=1S/C28H37N5O3/c1-22-19-29-21-32(22)15-7-14-30-28(34)33(25-10-11-26(35-2)27(18-25)36-3)24-12-16-31(17-13-24)20-23-8-5-4-6-9-23/h4-6,8-11,18-19,21,24H,7,12-17,20H2,1-3H3,(H,30,34). The minimum Gasteiger partial charge on any atom is -0.493 e. The summed E-state index contributed by atoms with van der Waals surface area (Å²) in [7, 11) is 3.23. The number of ether oxygens (including phenoxy) is 2. The molecule has 0 aliphatic carbocycles. The number of urea groups is 1. The number of aryl methyl sites for hydroxylation is 2. The van der Waals surface area contributed by atoms with Crippen LogP contribution in [0.3, 0.4) is 0 Å². The number of nitrogens with zero attached hydrogens (tertiary/aromatic N) is 4. The Balaban J connectivity index is 1.43. The molecule has 2 heterocycles. The first-order valence-corrected chi connectivity index (χ1v) is 12.6. The lowest BCUT2D eigenvalue weighted by atomic mass is 10.0. The first kappa shape index (κ1) is 25.6. The van der Waals surface area contributed by atoms with E-state index in [0.29, 0.717) is 18.0 Å². The van der Waals surface area contributed by atoms with Gasteiger partial charge >= 0.3 is 6.03 Å². The van der Waals surface area contributed by atoms with E-state index in [-0.39, 0.29) is 12.1 Å². The van der Waals surface area contributed by atoms with Crippen LogP contribution in [0.25, 0.3) is 0 Å². The number of aromatic nitrogens is 2. The van der Waals surface area contributed by atoms with Crippen molar-refractivity contribution in [3.8, 4) is 11.5 Å². The highest BCUT2D eigenvalue weighted by atomic mass is 16.5. The number of amides is 2. The number of nitrogens with one attached hydrogen (secondary N) is 1. The number of carbonyl (C=O) groups excluding carboxylic acids is 1. The summed E-state index contributed by atoms with van der Waals surface area (Å²) in [4.78, 5) is 22.0. The molecule has 8 nitrogen and oxygen atoms in total. The number of hydrogen-bond acceptors (Lipinski definition) is 5. The van der Waals surface area contributed by atoms with Crippen LogP contribution < -0.4 is 19.7 Å². The number of anilines is 1. The number of methoxy groups -OCH3 is 2. The van der Waals surface area contributed by atoms with Crippen LogP contribution in [0.15, 0.2) is 61.1 Å². The van der Waals surface area contributed by atoms with Crippen molar-refractivity contribution >= 4 is 11.7 Å². The van der Waals surface area contributed by atoms with E-state index in [1.54, 1.807) is 14.2 Å². The maximum atomic E-state index is 13.5. The third-order valence-corrected chi connectivity index (χ3v) is 6.81. The third kappa shape index (κ3) is 6.37. The molecule has 1 saturated heterocycles. The highest BCUT2D eigenvalue weighted by molar-refractivity contribution is 5.93. The zero-order valence-corrected chi connectivity index (χ0v) is 21.5. The minimum atomic E-state index is -0.0777. The van der Waals surface area contributed by atoms with Gasteiger partial charge < -0.3 is 19.4 Å². The second-order valence-electron chi connectivity index (χ2n) is 9.22. The van der Waals surface area contributed by atoms with Crippen molar-refractivity contribution in [1.29, 1.82) is 0 Å². The summed E-state index contributed by atoms with van der Waals surface area (Å²) in [6.07, 6.45) is 6.32. The zero-order chi connectivity index (χ0) is 25.3. The molecular weight excluding hydrogens is 454 g/mol. The topological polar surface area (TPSA) is 71.9 Å². The lowest BCUT2D eigenvalue weighted by Gasteiger charge is -2.38. The molecule has 0 bridgehead atoms. The van der Waals surface area contributed by atoms with Crippen LogP contribution in [-0.4, -0.2) is 60.4 Å². The Bertz CT molecular complexity index is 1110. The lowest BCUT2D eigenvalue weighted by Crippen LogP contribution is -2.51. The highest BCUT2D eigenvalue weighted by Crippen LogP contribution is 2.34. The van der Waals surface area contributed by atoms with Crippen LogP contribution in [0.4, 0.5) is 10.5 Å². The average Bonchev–Trinajstić information content (AvgIpc) is 3.32. The maximum Gasteiger partial charge on any atom is 0.322 e. The summed E-state index contributed by atoms with van der Waals surface area (Å²) in [6.45, 7) is 6.26. The van der Waals surface area contributed by atoms with Gasteiger partial charge in [-0.1, -0.05) is 30.3 Å². The van der Waals surface area contributed by atoms with Crippen LogP contribution in [-0.2, 0) is 13.1 Å². The number of piperidine rings is 1. The molecule has 1 N–H and O–H groups in total. The van der Waals surface area contributed by atoms with Gasteiger partial charge in [0.25, 0.3) is 0 Å². The zero-order valence-electron chi connectivity index (χ0n) is 21.5. The molecule has 0 unspecified atom stereocenters. The predicted molar refractivity (Wildman–Crippen MR) is 142 cm³/mol. The largest absolute Gasteiger partial charge is 0.493 e. The Kier molecular flexibility index (Phi) is 8.84. The van der Waals surface area contributed by atoms with Crippen molar-refractivity contribution in [3.05, 3.63) is 72.3 Å². The van der Waals surface area contributed by atoms with E-state index in [4.69, 9.17) is 9.47 Å². The first-order chi connectivity index (χ1) is 17.6. The Labute approximate surface area is 213 Å². The monoisotopic (exact) mass is 491 g/mol. The Morgan fingerprint density at radius 1 is 1.08 bits per heavy atom. The van der Waals surface area contributed by atoms with E-state index >= 15 is 0 Å². The molecule has 0 saturated carbocycles. The predicted octanol–water partition coefficient (Wildman–Crippen LogP) is 4.48. The molecule has 192 valence electrons. The van der Waals surface area contributed by atoms with Crippen molar-refractivity contribution in [2.45, 2.75) is 45.3 Å². The van der Waals surface area contributed by atoms with Gasteiger partial charge in [0, 0.05) is 62.4 Å². The van der Waals surface area contributed by atoms with Gasteiger partial charge in [0.2, 0.25) is 0 Å². The minimum absolute atomic E-state index is 0.0777. The molecule has 4 rings (SSSR count). The number of hydrogen-bond donors (Lipinski definition) is 1. The van der Waals surface area contributed by atoms with Gasteiger partial charge in [0.1, 0.15) is 0 Å². The SMILES string of the molecule is COc1ccc(N(C(=O)NCCCn2cncc2C)C2CCN(Cc3ccccc3)CC2)cc1OC. The molecular formula is C28H37N5O3. The van der Waals surface area contributed by atoms with E-state index in [2.05, 4.69) is 44.0 Å². The Morgan fingerprint density at radius 3 is 2.50 bits per heavy atom. The number of benzene rings is 2. The fourth-order valence-corrected chi connectivity index (χ4v) is 4.80. The van der Waals surface area contributed by atoms with Gasteiger partial charge in [0.05, 0.1) is 20.5 Å². The van der Waals surface area contributed by atoms with E-state index in [0.717, 1.165) is 56.8 Å². The van der Waals surface area contributed by atoms with Gasteiger partial charge in [-0.3, -0.25) is 9.80 Å². The Morgan fingerprint density at radius 2 is 1.83 bits per heavy atom. The van der Waals surface area contributed by atoms with Gasteiger partial charge in [-0.2, -0.15) is 0 Å². The van der Waals surface area contributed by atoms with Gasteiger partial charge in [0.15, 0.2) is 11.5 Å². The lowest BCUT2D eigenvalue weighted by molar-refractivity contribution is 0.197. The fourth-order valence-electron chi connectivity index (χ4n) is 4.80. The van der Waals surface area contributed by atoms with Crippen LogP contribution in [0.5, 0.6) is 11.5 Å². The van der Waals surface area contributed by atoms with Crippen molar-refractivity contribution < 1.29 is 14.3 Å². The molecule has 1 aromatic heterocycles. The molecule has 8 heteroatoms. The number of rotatable bonds is 10. The summed E-state index contributed by atoms with van der Waals surface area (Å²) >= 11 is 0. The summed E-state index contributed by atoms with van der Waals surface area (Å²) in [5.74, 6) is 1.26. The summed E-state index contributed by atoms with van der Waals surface area (Å²) in [5, 5.41) is 3.15. The van der Waals surface area contributed by atoms with E-state index < -0.39 is 0 Å². The van der Waals surface area contributed by atoms with Gasteiger partial charge in [-0.05, 0) is 43.9 Å². The third-order valence-electron chi connectivity index (χ3n) is 6.81. The summed E-state index contributed by atoms with van der Waals surface area (Å²) in [5.41, 5.74) is 3.26. The highest BCUT2D eigenvalue weighted by Gasteiger charge is 2.30. The van der Waals surface area contributed by atoms with E-state index in [1.165, 1.54) is 5.56 Å². The molecule has 2 amide bonds. The summed E-state index contributed by atoms with van der Waals surface area (Å²) in [6, 6.07) is 16.3. The number of likely N-dealkylation sites (tertiary alicyclic amines) is 1.